The zero-order valence-corrected chi connectivity index (χ0v) is 24.5. The molecule has 1 aromatic heterocycles. The molecule has 12 heteroatoms. The third-order valence-electron chi connectivity index (χ3n) is 7.72. The van der Waals surface area contributed by atoms with Gasteiger partial charge in [-0.05, 0) is 42.2 Å². The number of rotatable bonds is 8. The molecule has 220 valence electrons. The van der Waals surface area contributed by atoms with Crippen molar-refractivity contribution >= 4 is 35.0 Å². The summed E-state index contributed by atoms with van der Waals surface area (Å²) >= 11 is 0.977. The molecule has 2 aromatic carbocycles. The maximum absolute atomic E-state index is 14.4. The first-order valence-electron chi connectivity index (χ1n) is 13.8. The van der Waals surface area contributed by atoms with E-state index in [1.54, 1.807) is 31.0 Å². The first kappa shape index (κ1) is 29.3. The molecule has 3 heterocycles. The number of hydrazine groups is 1. The van der Waals surface area contributed by atoms with E-state index in [0.29, 0.717) is 29.9 Å². The molecule has 4 amide bonds. The van der Waals surface area contributed by atoms with Gasteiger partial charge in [-0.1, -0.05) is 43.3 Å². The SMILES string of the molecule is CNC(=O)c1nc(C)c(C(=O)NC[C@@H](C)C(=O)N[C@]2(Cc3ccc(F)cc3)C(=O)N3CCCN3Cc3ccccc32)s1. The predicted octanol–water partition coefficient (Wildman–Crippen LogP) is 2.53. The minimum absolute atomic E-state index is 0.00435. The van der Waals surface area contributed by atoms with Crippen molar-refractivity contribution in [3.63, 3.8) is 0 Å². The van der Waals surface area contributed by atoms with Crippen LogP contribution in [0.25, 0.3) is 0 Å². The van der Waals surface area contributed by atoms with E-state index in [1.807, 2.05) is 29.3 Å². The molecule has 1 saturated heterocycles. The third kappa shape index (κ3) is 5.64. The number of aromatic nitrogens is 1. The van der Waals surface area contributed by atoms with Gasteiger partial charge in [0.1, 0.15) is 10.7 Å². The Kier molecular flexibility index (Phi) is 8.37. The number of hydrogen-bond acceptors (Lipinski definition) is 7. The smallest absolute Gasteiger partial charge is 0.280 e. The highest BCUT2D eigenvalue weighted by molar-refractivity contribution is 7.15. The van der Waals surface area contributed by atoms with Crippen LogP contribution in [0.3, 0.4) is 0 Å². The summed E-state index contributed by atoms with van der Waals surface area (Å²) in [6, 6.07) is 13.5. The van der Waals surface area contributed by atoms with Gasteiger partial charge in [0.15, 0.2) is 10.5 Å². The molecule has 3 aromatic rings. The lowest BCUT2D eigenvalue weighted by Gasteiger charge is -2.38. The van der Waals surface area contributed by atoms with Gasteiger partial charge < -0.3 is 16.0 Å². The Morgan fingerprint density at radius 2 is 1.83 bits per heavy atom. The Hall–Kier alpha value is -4.16. The highest BCUT2D eigenvalue weighted by atomic mass is 32.1. The summed E-state index contributed by atoms with van der Waals surface area (Å²) in [5.41, 5.74) is 1.29. The molecule has 10 nitrogen and oxygen atoms in total. The number of nitrogens with one attached hydrogen (secondary N) is 3. The molecule has 0 spiro atoms. The molecule has 2 aliphatic rings. The van der Waals surface area contributed by atoms with Gasteiger partial charge in [0.2, 0.25) is 5.91 Å². The van der Waals surface area contributed by atoms with Crippen molar-refractivity contribution in [2.24, 2.45) is 5.92 Å². The number of fused-ring (bicyclic) bond motifs is 2. The molecule has 0 aliphatic carbocycles. The second kappa shape index (κ2) is 12.0. The molecular formula is C30H33FN6O4S. The first-order chi connectivity index (χ1) is 20.1. The van der Waals surface area contributed by atoms with E-state index in [-0.39, 0.29) is 34.7 Å². The molecular weight excluding hydrogens is 559 g/mol. The zero-order valence-electron chi connectivity index (χ0n) is 23.7. The summed E-state index contributed by atoms with van der Waals surface area (Å²) in [5.74, 6) is -2.58. The summed E-state index contributed by atoms with van der Waals surface area (Å²) in [7, 11) is 1.49. The minimum atomic E-state index is -1.44. The van der Waals surface area contributed by atoms with E-state index >= 15 is 0 Å². The Bertz CT molecular complexity index is 1530. The van der Waals surface area contributed by atoms with Gasteiger partial charge in [-0.3, -0.25) is 24.2 Å². The van der Waals surface area contributed by atoms with Gasteiger partial charge in [0.25, 0.3) is 17.7 Å². The first-order valence-corrected chi connectivity index (χ1v) is 14.6. The topological polar surface area (TPSA) is 124 Å². The Morgan fingerprint density at radius 1 is 1.10 bits per heavy atom. The Balaban J connectivity index is 1.42. The number of halogens is 1. The number of hydrogen-bond donors (Lipinski definition) is 3. The van der Waals surface area contributed by atoms with Gasteiger partial charge in [-0.25, -0.2) is 14.4 Å². The van der Waals surface area contributed by atoms with Crippen LogP contribution in [0.15, 0.2) is 48.5 Å². The van der Waals surface area contributed by atoms with Crippen molar-refractivity contribution in [3.05, 3.63) is 86.6 Å². The molecule has 5 rings (SSSR count). The lowest BCUT2D eigenvalue weighted by Crippen LogP contribution is -2.60. The molecule has 2 atom stereocenters. The standard InChI is InChI=1S/C30H33FN6O4S/c1-18(16-33-26(39)24-19(2)34-28(42-24)27(40)32-3)25(38)35-30(15-20-9-11-22(31)12-10-20)23-8-5-4-7-21(23)17-36-13-6-14-37(36)29(30)41/h4-5,7-12,18H,6,13-17H2,1-3H3,(H,32,40)(H,33,39)(H,35,38)/t18-,30+/m1/s1. The fourth-order valence-electron chi connectivity index (χ4n) is 5.47. The van der Waals surface area contributed by atoms with E-state index in [4.69, 9.17) is 0 Å². The Labute approximate surface area is 247 Å². The second-order valence-corrected chi connectivity index (χ2v) is 11.6. The molecule has 0 radical (unpaired) electrons. The van der Waals surface area contributed by atoms with Crippen LogP contribution in [0.1, 0.15) is 55.2 Å². The van der Waals surface area contributed by atoms with Gasteiger partial charge in [-0.2, -0.15) is 0 Å². The number of thiazole rings is 1. The normalized spacial score (nSPS) is 19.0. The summed E-state index contributed by atoms with van der Waals surface area (Å²) < 4.78 is 13.8. The predicted molar refractivity (Wildman–Crippen MR) is 155 cm³/mol. The zero-order chi connectivity index (χ0) is 30.0. The van der Waals surface area contributed by atoms with E-state index in [0.717, 1.165) is 29.9 Å². The maximum atomic E-state index is 14.4. The van der Waals surface area contributed by atoms with Crippen LogP contribution in [0.2, 0.25) is 0 Å². The molecule has 42 heavy (non-hydrogen) atoms. The summed E-state index contributed by atoms with van der Waals surface area (Å²) in [4.78, 5) is 57.5. The highest BCUT2D eigenvalue weighted by Crippen LogP contribution is 2.37. The lowest BCUT2D eigenvalue weighted by atomic mass is 9.80. The molecule has 0 bridgehead atoms. The number of carbonyl (C=O) groups excluding carboxylic acids is 4. The van der Waals surface area contributed by atoms with Crippen molar-refractivity contribution in [3.8, 4) is 0 Å². The minimum Gasteiger partial charge on any atom is -0.353 e. The quantitative estimate of drug-likeness (QED) is 0.370. The number of carbonyl (C=O) groups is 4. The number of aryl methyl sites for hydroxylation is 1. The van der Waals surface area contributed by atoms with Gasteiger partial charge in [0.05, 0.1) is 11.6 Å². The highest BCUT2D eigenvalue weighted by Gasteiger charge is 2.50. The molecule has 1 fully saturated rings. The maximum Gasteiger partial charge on any atom is 0.280 e. The van der Waals surface area contributed by atoms with Crippen molar-refractivity contribution in [1.29, 1.82) is 0 Å². The van der Waals surface area contributed by atoms with E-state index in [1.165, 1.54) is 19.2 Å². The average Bonchev–Trinajstić information content (AvgIpc) is 3.60. The van der Waals surface area contributed by atoms with Crippen molar-refractivity contribution < 1.29 is 23.6 Å². The second-order valence-electron chi connectivity index (χ2n) is 10.6. The van der Waals surface area contributed by atoms with E-state index < -0.39 is 29.1 Å². The van der Waals surface area contributed by atoms with Crippen LogP contribution >= 0.6 is 11.3 Å². The van der Waals surface area contributed by atoms with Gasteiger partial charge in [-0.15, -0.1) is 11.3 Å². The Morgan fingerprint density at radius 3 is 2.57 bits per heavy atom. The van der Waals surface area contributed by atoms with Crippen LogP contribution in [-0.2, 0) is 28.1 Å². The van der Waals surface area contributed by atoms with Crippen LogP contribution < -0.4 is 16.0 Å². The number of nitrogens with zero attached hydrogens (tertiary/aromatic N) is 3. The third-order valence-corrected chi connectivity index (χ3v) is 8.87. The molecule has 0 unspecified atom stereocenters. The van der Waals surface area contributed by atoms with Gasteiger partial charge in [0, 0.05) is 39.6 Å². The van der Waals surface area contributed by atoms with E-state index in [9.17, 15) is 23.6 Å². The molecule has 2 aliphatic heterocycles. The van der Waals surface area contributed by atoms with Crippen molar-refractivity contribution in [2.45, 2.75) is 38.8 Å². The summed E-state index contributed by atoms with van der Waals surface area (Å²) in [6.45, 7) is 5.10. The fraction of sp³-hybridized carbons (Fsp3) is 0.367. The van der Waals surface area contributed by atoms with Gasteiger partial charge >= 0.3 is 0 Å². The molecule has 3 N–H and O–H groups in total. The fourth-order valence-corrected chi connectivity index (χ4v) is 6.40. The van der Waals surface area contributed by atoms with Crippen molar-refractivity contribution in [1.82, 2.24) is 31.0 Å². The van der Waals surface area contributed by atoms with Crippen molar-refractivity contribution in [2.75, 3.05) is 26.7 Å². The molecule has 0 saturated carbocycles. The summed E-state index contributed by atoms with van der Waals surface area (Å²) in [5, 5.41) is 12.2. The average molecular weight is 593 g/mol. The van der Waals surface area contributed by atoms with E-state index in [2.05, 4.69) is 20.9 Å². The lowest BCUT2D eigenvalue weighted by molar-refractivity contribution is -0.153. The number of benzene rings is 2. The summed E-state index contributed by atoms with van der Waals surface area (Å²) in [6.07, 6.45) is 0.941. The van der Waals surface area contributed by atoms with Crippen LogP contribution in [0, 0.1) is 18.7 Å². The monoisotopic (exact) mass is 592 g/mol. The number of amides is 4. The van der Waals surface area contributed by atoms with Crippen LogP contribution in [0.4, 0.5) is 4.39 Å². The largest absolute Gasteiger partial charge is 0.353 e. The van der Waals surface area contributed by atoms with Crippen LogP contribution in [-0.4, -0.2) is 65.3 Å². The van der Waals surface area contributed by atoms with Crippen LogP contribution in [0.5, 0.6) is 0 Å².